The van der Waals surface area contributed by atoms with Gasteiger partial charge in [-0.15, -0.1) is 0 Å². The van der Waals surface area contributed by atoms with Crippen LogP contribution in [0.25, 0.3) is 0 Å². The van der Waals surface area contributed by atoms with Crippen molar-refractivity contribution in [3.8, 4) is 6.07 Å². The summed E-state index contributed by atoms with van der Waals surface area (Å²) in [5.41, 5.74) is -1.03. The van der Waals surface area contributed by atoms with E-state index in [9.17, 15) is 14.4 Å². The number of hydrogen-bond donors (Lipinski definition) is 0. The van der Waals surface area contributed by atoms with Crippen LogP contribution < -0.4 is 0 Å². The van der Waals surface area contributed by atoms with Crippen LogP contribution in [-0.4, -0.2) is 26.7 Å². The minimum absolute atomic E-state index is 0.790. The summed E-state index contributed by atoms with van der Waals surface area (Å²) in [5.74, 6) is -2.37. The summed E-state index contributed by atoms with van der Waals surface area (Å²) in [6.07, 6.45) is 0. The van der Waals surface area contributed by atoms with Crippen LogP contribution in [0.15, 0.2) is 0 Å². The maximum Gasteiger partial charge on any atom is 0.723 e. The molecule has 0 radical (unpaired) electrons. The van der Waals surface area contributed by atoms with Gasteiger partial charge in [0.1, 0.15) is 5.54 Å². The topological polar surface area (TPSA) is 103 Å². The second kappa shape index (κ2) is 6.00. The number of nitrogens with zero attached hydrogens (tertiary/aromatic N) is 1. The summed E-state index contributed by atoms with van der Waals surface area (Å²) in [7, 11) is -4.00. The van der Waals surface area contributed by atoms with Gasteiger partial charge in [-0.1, -0.05) is 0 Å². The zero-order valence-corrected chi connectivity index (χ0v) is 11.0. The SMILES string of the molecule is CC(=O)O[Si](OC(C)=O)(OC(C)=O)C(C)C#N. The predicted octanol–water partition coefficient (Wildman–Crippen LogP) is 0.528. The Labute approximate surface area is 99.6 Å². The normalized spacial score (nSPS) is 11.9. The van der Waals surface area contributed by atoms with E-state index < -0.39 is 32.3 Å². The van der Waals surface area contributed by atoms with E-state index in [1.807, 2.05) is 0 Å². The molecular formula is C9H13NO6Si. The zero-order valence-electron chi connectivity index (χ0n) is 9.97. The van der Waals surface area contributed by atoms with Crippen molar-refractivity contribution in [3.63, 3.8) is 0 Å². The minimum Gasteiger partial charge on any atom is -0.455 e. The minimum atomic E-state index is -4.00. The Bertz CT molecular complexity index is 333. The molecule has 0 amide bonds. The number of hydrogen-bond acceptors (Lipinski definition) is 7. The first kappa shape index (κ1) is 15.1. The van der Waals surface area contributed by atoms with Crippen molar-refractivity contribution in [1.82, 2.24) is 0 Å². The third-order valence-electron chi connectivity index (χ3n) is 1.58. The monoisotopic (exact) mass is 259 g/mol. The third-order valence-corrected chi connectivity index (χ3v) is 4.49. The molecule has 0 saturated carbocycles. The fraction of sp³-hybridized carbons (Fsp3) is 0.556. The summed E-state index contributed by atoms with van der Waals surface area (Å²) >= 11 is 0. The van der Waals surface area contributed by atoms with Gasteiger partial charge < -0.3 is 13.3 Å². The summed E-state index contributed by atoms with van der Waals surface area (Å²) in [6.45, 7) is 4.55. The van der Waals surface area contributed by atoms with Gasteiger partial charge in [0.25, 0.3) is 17.9 Å². The summed E-state index contributed by atoms with van der Waals surface area (Å²) < 4.78 is 14.4. The number of carbonyl (C=O) groups excluding carboxylic acids is 3. The summed E-state index contributed by atoms with van der Waals surface area (Å²) in [4.78, 5) is 32.9. The quantitative estimate of drug-likeness (QED) is 0.678. The van der Waals surface area contributed by atoms with Crippen molar-refractivity contribution >= 4 is 26.7 Å². The second-order valence-electron chi connectivity index (χ2n) is 3.24. The Balaban J connectivity index is 5.34. The lowest BCUT2D eigenvalue weighted by Gasteiger charge is -2.27. The number of rotatable bonds is 4. The Morgan fingerprint density at radius 1 is 1.00 bits per heavy atom. The Morgan fingerprint density at radius 3 is 1.47 bits per heavy atom. The average Bonchev–Trinajstić information content (AvgIpc) is 2.12. The molecule has 0 aliphatic carbocycles. The lowest BCUT2D eigenvalue weighted by molar-refractivity contribution is -0.148. The molecule has 0 aromatic rings. The van der Waals surface area contributed by atoms with Gasteiger partial charge in [-0.05, 0) is 6.92 Å². The molecule has 0 aromatic heterocycles. The molecule has 1 unspecified atom stereocenters. The molecule has 0 bridgehead atoms. The molecule has 1 atom stereocenters. The van der Waals surface area contributed by atoms with E-state index in [-0.39, 0.29) is 0 Å². The zero-order chi connectivity index (χ0) is 13.6. The van der Waals surface area contributed by atoms with E-state index in [4.69, 9.17) is 18.5 Å². The Hall–Kier alpha value is -1.88. The second-order valence-corrected chi connectivity index (χ2v) is 5.92. The highest BCUT2D eigenvalue weighted by molar-refractivity contribution is 6.67. The molecule has 0 aromatic carbocycles. The maximum atomic E-state index is 11.0. The van der Waals surface area contributed by atoms with Gasteiger partial charge in [-0.3, -0.25) is 14.4 Å². The molecule has 7 nitrogen and oxygen atoms in total. The van der Waals surface area contributed by atoms with E-state index >= 15 is 0 Å². The molecule has 0 spiro atoms. The smallest absolute Gasteiger partial charge is 0.455 e. The van der Waals surface area contributed by atoms with E-state index in [1.54, 1.807) is 6.07 Å². The fourth-order valence-electron chi connectivity index (χ4n) is 1.01. The Morgan fingerprint density at radius 2 is 1.29 bits per heavy atom. The predicted molar refractivity (Wildman–Crippen MR) is 56.1 cm³/mol. The van der Waals surface area contributed by atoms with Crippen molar-refractivity contribution in [3.05, 3.63) is 0 Å². The van der Waals surface area contributed by atoms with Gasteiger partial charge in [0.05, 0.1) is 6.07 Å². The first-order valence-corrected chi connectivity index (χ1v) is 6.52. The Kier molecular flexibility index (Phi) is 5.34. The number of nitriles is 1. The molecule has 0 N–H and O–H groups in total. The van der Waals surface area contributed by atoms with Gasteiger partial charge in [0.2, 0.25) is 0 Å². The molecular weight excluding hydrogens is 246 g/mol. The molecule has 0 aliphatic heterocycles. The maximum absolute atomic E-state index is 11.0. The highest BCUT2D eigenvalue weighted by Gasteiger charge is 2.58. The van der Waals surface area contributed by atoms with Crippen LogP contribution in [-0.2, 0) is 27.7 Å². The van der Waals surface area contributed by atoms with Crippen LogP contribution in [0.5, 0.6) is 0 Å². The highest BCUT2D eigenvalue weighted by atomic mass is 28.4. The lowest BCUT2D eigenvalue weighted by atomic mass is 10.5. The molecule has 8 heteroatoms. The van der Waals surface area contributed by atoms with Crippen molar-refractivity contribution < 1.29 is 27.7 Å². The molecule has 0 aliphatic rings. The van der Waals surface area contributed by atoms with Crippen LogP contribution in [0, 0.1) is 11.3 Å². The van der Waals surface area contributed by atoms with Crippen molar-refractivity contribution in [1.29, 1.82) is 5.26 Å². The van der Waals surface area contributed by atoms with E-state index in [0.717, 1.165) is 20.8 Å². The summed E-state index contributed by atoms with van der Waals surface area (Å²) in [6, 6.07) is 1.75. The van der Waals surface area contributed by atoms with E-state index in [0.29, 0.717) is 0 Å². The largest absolute Gasteiger partial charge is 0.723 e. The first-order valence-electron chi connectivity index (χ1n) is 4.72. The molecule has 94 valence electrons. The molecule has 0 saturated heterocycles. The van der Waals surface area contributed by atoms with Gasteiger partial charge in [0.15, 0.2) is 0 Å². The van der Waals surface area contributed by atoms with Gasteiger partial charge in [0, 0.05) is 20.8 Å². The fourth-order valence-corrected chi connectivity index (χ4v) is 3.02. The van der Waals surface area contributed by atoms with Crippen LogP contribution in [0.4, 0.5) is 0 Å². The lowest BCUT2D eigenvalue weighted by Crippen LogP contribution is -2.52. The van der Waals surface area contributed by atoms with Crippen molar-refractivity contribution in [2.75, 3.05) is 0 Å². The third kappa shape index (κ3) is 4.65. The van der Waals surface area contributed by atoms with Gasteiger partial charge >= 0.3 is 8.80 Å². The molecule has 0 heterocycles. The molecule has 0 fully saturated rings. The van der Waals surface area contributed by atoms with Crippen molar-refractivity contribution in [2.24, 2.45) is 0 Å². The van der Waals surface area contributed by atoms with E-state index in [2.05, 4.69) is 0 Å². The standard InChI is InChI=1S/C9H13NO6Si/c1-6(5-10)17(14-7(2)11,15-8(3)12)16-9(4)13/h6H,1-4H3. The van der Waals surface area contributed by atoms with Gasteiger partial charge in [-0.25, -0.2) is 0 Å². The van der Waals surface area contributed by atoms with Crippen LogP contribution in [0.2, 0.25) is 5.54 Å². The summed E-state index contributed by atoms with van der Waals surface area (Å²) in [5, 5.41) is 8.82. The first-order chi connectivity index (χ1) is 7.73. The van der Waals surface area contributed by atoms with E-state index in [1.165, 1.54) is 6.92 Å². The molecule has 17 heavy (non-hydrogen) atoms. The van der Waals surface area contributed by atoms with Gasteiger partial charge in [-0.2, -0.15) is 5.26 Å². The van der Waals surface area contributed by atoms with Crippen LogP contribution in [0.3, 0.4) is 0 Å². The highest BCUT2D eigenvalue weighted by Crippen LogP contribution is 2.25. The van der Waals surface area contributed by atoms with Crippen molar-refractivity contribution in [2.45, 2.75) is 33.2 Å². The van der Waals surface area contributed by atoms with Crippen LogP contribution >= 0.6 is 0 Å². The average molecular weight is 259 g/mol. The van der Waals surface area contributed by atoms with Crippen LogP contribution in [0.1, 0.15) is 27.7 Å². The number of carbonyl (C=O) groups is 3. The molecule has 0 rings (SSSR count).